The molecule has 1 amide bonds. The molecule has 140 valence electrons. The molecular weight excluding hydrogens is 354 g/mol. The van der Waals surface area contributed by atoms with Crippen LogP contribution in [0.2, 0.25) is 0 Å². The smallest absolute Gasteiger partial charge is 0.330 e. The minimum Gasteiger partial charge on any atom is -0.479 e. The number of ether oxygens (including phenoxy) is 1. The van der Waals surface area contributed by atoms with Crippen molar-refractivity contribution < 1.29 is 23.8 Å². The third-order valence-electron chi connectivity index (χ3n) is 5.27. The van der Waals surface area contributed by atoms with E-state index in [9.17, 15) is 14.7 Å². The van der Waals surface area contributed by atoms with Crippen LogP contribution >= 0.6 is 11.3 Å². The monoisotopic (exact) mass is 377 g/mol. The number of furan rings is 1. The van der Waals surface area contributed by atoms with Crippen molar-refractivity contribution in [1.82, 2.24) is 5.32 Å². The molecule has 0 aromatic carbocycles. The second kappa shape index (κ2) is 6.55. The van der Waals surface area contributed by atoms with Gasteiger partial charge in [0.05, 0.1) is 15.9 Å². The summed E-state index contributed by atoms with van der Waals surface area (Å²) in [6.07, 6.45) is 0.0544. The highest BCUT2D eigenvalue weighted by Gasteiger charge is 2.66. The van der Waals surface area contributed by atoms with Crippen LogP contribution in [0.3, 0.4) is 0 Å². The van der Waals surface area contributed by atoms with Crippen molar-refractivity contribution in [2.45, 2.75) is 45.8 Å². The zero-order valence-electron chi connectivity index (χ0n) is 15.3. The molecule has 1 aliphatic rings. The van der Waals surface area contributed by atoms with Crippen molar-refractivity contribution in [2.24, 2.45) is 5.41 Å². The lowest BCUT2D eigenvalue weighted by Gasteiger charge is -2.58. The Kier molecular flexibility index (Phi) is 4.71. The number of carboxylic acid groups (broad SMARTS) is 1. The molecule has 2 N–H and O–H groups in total. The number of amides is 1. The maximum atomic E-state index is 12.7. The average Bonchev–Trinajstić information content (AvgIpc) is 3.22. The maximum Gasteiger partial charge on any atom is 0.330 e. The van der Waals surface area contributed by atoms with Gasteiger partial charge in [-0.15, -0.1) is 11.3 Å². The summed E-state index contributed by atoms with van der Waals surface area (Å²) < 4.78 is 11.2. The molecule has 1 fully saturated rings. The third-order valence-corrected chi connectivity index (χ3v) is 6.37. The number of carboxylic acids is 1. The highest BCUT2D eigenvalue weighted by Crippen LogP contribution is 2.51. The fraction of sp³-hybridized carbons (Fsp3) is 0.474. The molecule has 3 rings (SSSR count). The van der Waals surface area contributed by atoms with Gasteiger partial charge in [0.1, 0.15) is 17.1 Å². The summed E-state index contributed by atoms with van der Waals surface area (Å²) in [5, 5.41) is 12.6. The first-order valence-corrected chi connectivity index (χ1v) is 9.37. The summed E-state index contributed by atoms with van der Waals surface area (Å²) in [6.45, 7) is 7.87. The third kappa shape index (κ3) is 2.85. The van der Waals surface area contributed by atoms with Crippen LogP contribution in [0.1, 0.15) is 42.6 Å². The van der Waals surface area contributed by atoms with Crippen LogP contribution < -0.4 is 5.32 Å². The van der Waals surface area contributed by atoms with E-state index in [0.717, 1.165) is 10.6 Å². The summed E-state index contributed by atoms with van der Waals surface area (Å²) in [5.74, 6) is 0.0579. The Morgan fingerprint density at radius 3 is 2.62 bits per heavy atom. The molecule has 0 spiro atoms. The van der Waals surface area contributed by atoms with Crippen molar-refractivity contribution in [3.63, 3.8) is 0 Å². The Labute approximate surface area is 156 Å². The molecule has 2 heterocycles. The standard InChI is InChI=1S/C19H23NO5S/c1-5-24-15-10-19(17(22)23,18(15,3)4)20-16(21)14-9-8-13(26-14)12-7-6-11(2)25-12/h6-9,15H,5,10H2,1-4H3,(H,20,21)(H,22,23). The summed E-state index contributed by atoms with van der Waals surface area (Å²) >= 11 is 1.28. The zero-order valence-corrected chi connectivity index (χ0v) is 16.1. The second-order valence-corrected chi connectivity index (χ2v) is 8.19. The fourth-order valence-electron chi connectivity index (χ4n) is 3.45. The molecule has 2 aromatic heterocycles. The van der Waals surface area contributed by atoms with Crippen molar-refractivity contribution in [3.8, 4) is 10.6 Å². The molecule has 2 unspecified atom stereocenters. The number of thiophene rings is 1. The highest BCUT2D eigenvalue weighted by molar-refractivity contribution is 7.17. The normalized spacial score (nSPS) is 24.1. The molecule has 0 saturated heterocycles. The van der Waals surface area contributed by atoms with Crippen LogP contribution in [0.4, 0.5) is 0 Å². The van der Waals surface area contributed by atoms with E-state index in [1.807, 2.05) is 39.8 Å². The van der Waals surface area contributed by atoms with Gasteiger partial charge in [0.15, 0.2) is 0 Å². The number of nitrogens with one attached hydrogen (secondary N) is 1. The molecule has 26 heavy (non-hydrogen) atoms. The van der Waals surface area contributed by atoms with Gasteiger partial charge in [-0.3, -0.25) is 4.79 Å². The maximum absolute atomic E-state index is 12.7. The Balaban J connectivity index is 1.80. The first-order chi connectivity index (χ1) is 12.2. The molecule has 1 aliphatic carbocycles. The molecule has 0 radical (unpaired) electrons. The Hall–Kier alpha value is -2.12. The highest BCUT2D eigenvalue weighted by atomic mass is 32.1. The van der Waals surface area contributed by atoms with E-state index >= 15 is 0 Å². The van der Waals surface area contributed by atoms with Gasteiger partial charge in [0.25, 0.3) is 5.91 Å². The Morgan fingerprint density at radius 1 is 1.35 bits per heavy atom. The van der Waals surface area contributed by atoms with Crippen molar-refractivity contribution in [1.29, 1.82) is 0 Å². The second-order valence-electron chi connectivity index (χ2n) is 7.11. The van der Waals surface area contributed by atoms with Crippen LogP contribution in [-0.4, -0.2) is 35.2 Å². The lowest BCUT2D eigenvalue weighted by molar-refractivity contribution is -0.190. The van der Waals surface area contributed by atoms with Gasteiger partial charge in [-0.2, -0.15) is 0 Å². The summed E-state index contributed by atoms with van der Waals surface area (Å²) in [5.41, 5.74) is -2.04. The van der Waals surface area contributed by atoms with Crippen molar-refractivity contribution in [2.75, 3.05) is 6.61 Å². The lowest BCUT2D eigenvalue weighted by Crippen LogP contribution is -2.76. The number of hydrogen-bond acceptors (Lipinski definition) is 5. The number of aryl methyl sites for hydroxylation is 1. The van der Waals surface area contributed by atoms with Gasteiger partial charge in [0.2, 0.25) is 0 Å². The molecule has 6 nitrogen and oxygen atoms in total. The molecule has 2 atom stereocenters. The quantitative estimate of drug-likeness (QED) is 0.801. The predicted octanol–water partition coefficient (Wildman–Crippen LogP) is 3.70. The van der Waals surface area contributed by atoms with Gasteiger partial charge in [0, 0.05) is 18.4 Å². The minimum absolute atomic E-state index is 0.200. The van der Waals surface area contributed by atoms with Gasteiger partial charge in [-0.25, -0.2) is 4.79 Å². The first-order valence-electron chi connectivity index (χ1n) is 8.55. The molecular formula is C19H23NO5S. The van der Waals surface area contributed by atoms with Gasteiger partial charge >= 0.3 is 5.97 Å². The van der Waals surface area contributed by atoms with Crippen LogP contribution in [0.15, 0.2) is 28.7 Å². The zero-order chi connectivity index (χ0) is 19.1. The summed E-state index contributed by atoms with van der Waals surface area (Å²) in [4.78, 5) is 26.0. The summed E-state index contributed by atoms with van der Waals surface area (Å²) in [6, 6.07) is 7.21. The Bertz CT molecular complexity index is 837. The van der Waals surface area contributed by atoms with Crippen molar-refractivity contribution >= 4 is 23.2 Å². The van der Waals surface area contributed by atoms with Gasteiger partial charge < -0.3 is 19.6 Å². The fourth-order valence-corrected chi connectivity index (χ4v) is 4.31. The van der Waals surface area contributed by atoms with Gasteiger partial charge in [-0.1, -0.05) is 13.8 Å². The van der Waals surface area contributed by atoms with Crippen LogP contribution in [0.25, 0.3) is 10.6 Å². The van der Waals surface area contributed by atoms with Crippen molar-refractivity contribution in [3.05, 3.63) is 34.9 Å². The molecule has 7 heteroatoms. The van der Waals surface area contributed by atoms with E-state index in [1.54, 1.807) is 12.1 Å². The number of carbonyl (C=O) groups excluding carboxylic acids is 1. The van der Waals surface area contributed by atoms with Crippen LogP contribution in [0.5, 0.6) is 0 Å². The number of aliphatic carboxylic acids is 1. The van der Waals surface area contributed by atoms with E-state index in [2.05, 4.69) is 5.32 Å². The summed E-state index contributed by atoms with van der Waals surface area (Å²) in [7, 11) is 0. The number of rotatable bonds is 6. The molecule has 0 aliphatic heterocycles. The van der Waals surface area contributed by atoms with E-state index in [4.69, 9.17) is 9.15 Å². The van der Waals surface area contributed by atoms with E-state index < -0.39 is 22.8 Å². The lowest BCUT2D eigenvalue weighted by atomic mass is 9.54. The Morgan fingerprint density at radius 2 is 2.08 bits per heavy atom. The van der Waals surface area contributed by atoms with Crippen LogP contribution in [-0.2, 0) is 9.53 Å². The number of carbonyl (C=O) groups is 2. The average molecular weight is 377 g/mol. The van der Waals surface area contributed by atoms with E-state index in [0.29, 0.717) is 17.2 Å². The first kappa shape index (κ1) is 18.7. The molecule has 1 saturated carbocycles. The van der Waals surface area contributed by atoms with Gasteiger partial charge in [-0.05, 0) is 38.1 Å². The van der Waals surface area contributed by atoms with Crippen LogP contribution in [0, 0.1) is 12.3 Å². The number of hydrogen-bond donors (Lipinski definition) is 2. The topological polar surface area (TPSA) is 88.8 Å². The minimum atomic E-state index is -1.34. The SMILES string of the molecule is CCOC1CC(NC(=O)c2ccc(-c3ccc(C)o3)s2)(C(=O)O)C1(C)C. The molecule has 0 bridgehead atoms. The molecule has 2 aromatic rings. The largest absolute Gasteiger partial charge is 0.479 e. The van der Waals surface area contributed by atoms with E-state index in [-0.39, 0.29) is 12.5 Å². The predicted molar refractivity (Wildman–Crippen MR) is 98.4 cm³/mol. The van der Waals surface area contributed by atoms with E-state index in [1.165, 1.54) is 11.3 Å².